The number of rotatable bonds is 9. The molecule has 2 fully saturated rings. The van der Waals surface area contributed by atoms with Crippen molar-refractivity contribution in [3.05, 3.63) is 76.3 Å². The van der Waals surface area contributed by atoms with Crippen LogP contribution in [-0.2, 0) is 6.54 Å². The van der Waals surface area contributed by atoms with E-state index < -0.39 is 6.10 Å². The summed E-state index contributed by atoms with van der Waals surface area (Å²) in [7, 11) is 0. The van der Waals surface area contributed by atoms with Crippen molar-refractivity contribution >= 4 is 16.8 Å². The minimum Gasteiger partial charge on any atom is -0.390 e. The van der Waals surface area contributed by atoms with Crippen LogP contribution in [0.3, 0.4) is 0 Å². The van der Waals surface area contributed by atoms with Gasteiger partial charge in [-0.05, 0) is 68.7 Å². The molecule has 3 N–H and O–H groups in total. The summed E-state index contributed by atoms with van der Waals surface area (Å²) in [6, 6.07) is 14.0. The molecule has 4 heterocycles. The number of carbonyl (C=O) groups excluding carboxylic acids is 1. The van der Waals surface area contributed by atoms with Crippen molar-refractivity contribution in [2.24, 2.45) is 0 Å². The van der Waals surface area contributed by atoms with Crippen LogP contribution in [0.1, 0.15) is 61.5 Å². The third-order valence-corrected chi connectivity index (χ3v) is 7.78. The van der Waals surface area contributed by atoms with E-state index in [4.69, 9.17) is 0 Å². The number of aromatic nitrogens is 2. The summed E-state index contributed by atoms with van der Waals surface area (Å²) < 4.78 is 1.71. The Morgan fingerprint density at radius 1 is 1.14 bits per heavy atom. The maximum absolute atomic E-state index is 13.3. The van der Waals surface area contributed by atoms with E-state index in [2.05, 4.69) is 20.5 Å². The summed E-state index contributed by atoms with van der Waals surface area (Å²) in [5.74, 6) is -0.289. The van der Waals surface area contributed by atoms with Crippen LogP contribution in [0.2, 0.25) is 0 Å². The number of nitrogens with zero attached hydrogens (tertiary/aromatic N) is 3. The lowest BCUT2D eigenvalue weighted by atomic mass is 9.96. The van der Waals surface area contributed by atoms with Gasteiger partial charge in [-0.2, -0.15) is 0 Å². The van der Waals surface area contributed by atoms with Gasteiger partial charge in [0.25, 0.3) is 11.5 Å². The SMILES string of the molecule is CC(C)n1c(=O)c(C(=O)N[C@@H]2C[C@H]3CC[C@@H](C2)N3CC(O)CNCc2cccnc2)cc2ccccc21. The molecular weight excluding hydrogens is 466 g/mol. The van der Waals surface area contributed by atoms with Crippen molar-refractivity contribution in [1.82, 2.24) is 25.1 Å². The molecule has 3 aromatic rings. The van der Waals surface area contributed by atoms with Crippen LogP contribution in [0.4, 0.5) is 0 Å². The van der Waals surface area contributed by atoms with E-state index in [0.29, 0.717) is 31.7 Å². The predicted octanol–water partition coefficient (Wildman–Crippen LogP) is 2.85. The summed E-state index contributed by atoms with van der Waals surface area (Å²) in [5.41, 5.74) is 1.91. The zero-order chi connectivity index (χ0) is 25.9. The van der Waals surface area contributed by atoms with Crippen molar-refractivity contribution in [2.45, 2.75) is 76.3 Å². The van der Waals surface area contributed by atoms with E-state index in [1.165, 1.54) is 0 Å². The fourth-order valence-corrected chi connectivity index (χ4v) is 6.11. The third kappa shape index (κ3) is 5.61. The Morgan fingerprint density at radius 3 is 2.59 bits per heavy atom. The summed E-state index contributed by atoms with van der Waals surface area (Å²) >= 11 is 0. The summed E-state index contributed by atoms with van der Waals surface area (Å²) in [5, 5.41) is 18.0. The Labute approximate surface area is 217 Å². The minimum absolute atomic E-state index is 0.0282. The highest BCUT2D eigenvalue weighted by atomic mass is 16.3. The average Bonchev–Trinajstić information content (AvgIpc) is 3.10. The van der Waals surface area contributed by atoms with Gasteiger partial charge in [0, 0.05) is 56.2 Å². The molecule has 2 saturated heterocycles. The highest BCUT2D eigenvalue weighted by molar-refractivity contribution is 5.97. The van der Waals surface area contributed by atoms with E-state index in [0.717, 1.165) is 42.1 Å². The number of hydrogen-bond donors (Lipinski definition) is 3. The van der Waals surface area contributed by atoms with Gasteiger partial charge in [0.2, 0.25) is 0 Å². The molecule has 2 aliphatic rings. The second kappa shape index (κ2) is 11.1. The van der Waals surface area contributed by atoms with Gasteiger partial charge in [-0.1, -0.05) is 24.3 Å². The number of nitrogens with one attached hydrogen (secondary N) is 2. The molecule has 1 unspecified atom stereocenters. The number of pyridine rings is 2. The standard InChI is InChI=1S/C29H37N5O3/c1-19(2)34-27-8-4-3-7-21(27)12-26(29(34)37)28(36)32-22-13-23-9-10-24(14-22)33(23)18-25(35)17-31-16-20-6-5-11-30-15-20/h3-8,11-12,15,19,22-25,31,35H,9-10,13-14,16-18H2,1-2H3,(H,32,36)/t22-,23-,24+,25?. The lowest BCUT2D eigenvalue weighted by Crippen LogP contribution is -2.53. The maximum Gasteiger partial charge on any atom is 0.264 e. The normalized spacial score (nSPS) is 22.4. The molecule has 8 nitrogen and oxygen atoms in total. The minimum atomic E-state index is -0.460. The number of aliphatic hydroxyl groups is 1. The van der Waals surface area contributed by atoms with E-state index in [1.54, 1.807) is 16.8 Å². The second-order valence-corrected chi connectivity index (χ2v) is 10.8. The third-order valence-electron chi connectivity index (χ3n) is 7.78. The summed E-state index contributed by atoms with van der Waals surface area (Å²) in [6.07, 6.45) is 6.94. The number of benzene rings is 1. The summed E-state index contributed by atoms with van der Waals surface area (Å²) in [4.78, 5) is 33.1. The van der Waals surface area contributed by atoms with Crippen LogP contribution < -0.4 is 16.2 Å². The molecule has 5 rings (SSSR count). The second-order valence-electron chi connectivity index (χ2n) is 10.8. The molecule has 0 aliphatic carbocycles. The number of amides is 1. The zero-order valence-corrected chi connectivity index (χ0v) is 21.6. The smallest absolute Gasteiger partial charge is 0.264 e. The molecule has 2 aliphatic heterocycles. The highest BCUT2D eigenvalue weighted by Gasteiger charge is 2.41. The van der Waals surface area contributed by atoms with Crippen LogP contribution in [0.25, 0.3) is 10.9 Å². The van der Waals surface area contributed by atoms with Crippen molar-refractivity contribution in [2.75, 3.05) is 13.1 Å². The van der Waals surface area contributed by atoms with E-state index >= 15 is 0 Å². The van der Waals surface area contributed by atoms with Gasteiger partial charge in [-0.3, -0.25) is 19.5 Å². The first-order valence-electron chi connectivity index (χ1n) is 13.4. The van der Waals surface area contributed by atoms with E-state index in [9.17, 15) is 14.7 Å². The molecule has 4 atom stereocenters. The molecule has 1 aromatic carbocycles. The maximum atomic E-state index is 13.3. The molecule has 2 aromatic heterocycles. The van der Waals surface area contributed by atoms with Gasteiger partial charge in [-0.25, -0.2) is 0 Å². The Balaban J connectivity index is 1.19. The fourth-order valence-electron chi connectivity index (χ4n) is 6.11. The van der Waals surface area contributed by atoms with Crippen molar-refractivity contribution in [3.8, 4) is 0 Å². The Hall–Kier alpha value is -3.07. The van der Waals surface area contributed by atoms with Gasteiger partial charge in [0.15, 0.2) is 0 Å². The van der Waals surface area contributed by atoms with Crippen molar-refractivity contribution < 1.29 is 9.90 Å². The molecule has 2 bridgehead atoms. The number of para-hydroxylation sites is 1. The Morgan fingerprint density at radius 2 is 1.89 bits per heavy atom. The Kier molecular flexibility index (Phi) is 7.69. The molecule has 37 heavy (non-hydrogen) atoms. The molecule has 0 saturated carbocycles. The van der Waals surface area contributed by atoms with Crippen LogP contribution in [0, 0.1) is 0 Å². The molecule has 1 amide bonds. The first kappa shape index (κ1) is 25.6. The van der Waals surface area contributed by atoms with Crippen LogP contribution in [0.5, 0.6) is 0 Å². The van der Waals surface area contributed by atoms with Gasteiger partial charge in [0.05, 0.1) is 11.6 Å². The average molecular weight is 504 g/mol. The molecule has 0 spiro atoms. The lowest BCUT2D eigenvalue weighted by Gasteiger charge is -2.40. The largest absolute Gasteiger partial charge is 0.390 e. The monoisotopic (exact) mass is 503 g/mol. The fraction of sp³-hybridized carbons (Fsp3) is 0.483. The van der Waals surface area contributed by atoms with Crippen molar-refractivity contribution in [1.29, 1.82) is 0 Å². The predicted molar refractivity (Wildman–Crippen MR) is 145 cm³/mol. The van der Waals surface area contributed by atoms with Crippen LogP contribution >= 0.6 is 0 Å². The molecule has 0 radical (unpaired) electrons. The molecule has 8 heteroatoms. The highest BCUT2D eigenvalue weighted by Crippen LogP contribution is 2.36. The zero-order valence-electron chi connectivity index (χ0n) is 21.6. The van der Waals surface area contributed by atoms with E-state index in [1.807, 2.05) is 56.4 Å². The Bertz CT molecular complexity index is 1280. The van der Waals surface area contributed by atoms with Crippen LogP contribution in [-0.4, -0.2) is 62.8 Å². The lowest BCUT2D eigenvalue weighted by molar-refractivity contribution is 0.0502. The number of piperidine rings is 1. The first-order valence-corrected chi connectivity index (χ1v) is 13.4. The van der Waals surface area contributed by atoms with Gasteiger partial charge in [0.1, 0.15) is 5.56 Å². The quantitative estimate of drug-likeness (QED) is 0.415. The number of hydrogen-bond acceptors (Lipinski definition) is 6. The topological polar surface area (TPSA) is 99.5 Å². The van der Waals surface area contributed by atoms with Crippen LogP contribution in [0.15, 0.2) is 59.7 Å². The van der Waals surface area contributed by atoms with E-state index in [-0.39, 0.29) is 29.1 Å². The van der Waals surface area contributed by atoms with Crippen molar-refractivity contribution in [3.63, 3.8) is 0 Å². The first-order chi connectivity index (χ1) is 17.9. The number of aliphatic hydroxyl groups excluding tert-OH is 1. The molecule has 196 valence electrons. The number of fused-ring (bicyclic) bond motifs is 3. The van der Waals surface area contributed by atoms with Gasteiger partial charge < -0.3 is 20.3 Å². The summed E-state index contributed by atoms with van der Waals surface area (Å²) in [6.45, 7) is 5.76. The number of carbonyl (C=O) groups is 1. The molecular formula is C29H37N5O3. The van der Waals surface area contributed by atoms with Gasteiger partial charge in [-0.15, -0.1) is 0 Å². The van der Waals surface area contributed by atoms with Gasteiger partial charge >= 0.3 is 0 Å².